The zero-order valence-corrected chi connectivity index (χ0v) is 10.8. The predicted molar refractivity (Wildman–Crippen MR) is 64.9 cm³/mol. The molecule has 92 valence electrons. The number of hydrogen-bond donors (Lipinski definition) is 1. The van der Waals surface area contributed by atoms with Crippen molar-refractivity contribution in [3.05, 3.63) is 11.1 Å². The summed E-state index contributed by atoms with van der Waals surface area (Å²) in [7, 11) is 0. The van der Waals surface area contributed by atoms with Gasteiger partial charge in [0.1, 0.15) is 0 Å². The molecule has 0 aromatic heterocycles. The molecule has 1 unspecified atom stereocenters. The quantitative estimate of drug-likeness (QED) is 0.592. The number of rotatable bonds is 3. The number of carbonyl (C=O) groups excluding carboxylic acids is 1. The molecule has 0 aromatic rings. The van der Waals surface area contributed by atoms with Gasteiger partial charge in [-0.1, -0.05) is 19.4 Å². The monoisotopic (exact) mass is 225 g/mol. The molecule has 1 fully saturated rings. The average molecular weight is 225 g/mol. The molecule has 0 aliphatic carbocycles. The predicted octanol–water partition coefficient (Wildman–Crippen LogP) is 2.62. The summed E-state index contributed by atoms with van der Waals surface area (Å²) in [6.07, 6.45) is 3.15. The molecule has 16 heavy (non-hydrogen) atoms. The van der Waals surface area contributed by atoms with Crippen LogP contribution in [0.5, 0.6) is 0 Å². The first-order valence-corrected chi connectivity index (χ1v) is 6.14. The zero-order chi connectivity index (χ0) is 12.1. The maximum absolute atomic E-state index is 12.0. The standard InChI is InChI=1S/C13H23NO2/c1-9(2)12(10(3)4)13(15)16-11-7-5-6-8-14-11/h9,11,14H,5-8H2,1-4H3. The molecule has 0 radical (unpaired) electrons. The normalized spacial score (nSPS) is 20.7. The van der Waals surface area contributed by atoms with Gasteiger partial charge in [0, 0.05) is 5.57 Å². The highest BCUT2D eigenvalue weighted by molar-refractivity contribution is 5.89. The van der Waals surface area contributed by atoms with Gasteiger partial charge in [-0.05, 0) is 45.6 Å². The molecule has 1 heterocycles. The van der Waals surface area contributed by atoms with Crippen LogP contribution in [0.3, 0.4) is 0 Å². The third-order valence-electron chi connectivity index (χ3n) is 2.85. The van der Waals surface area contributed by atoms with Gasteiger partial charge in [-0.15, -0.1) is 0 Å². The van der Waals surface area contributed by atoms with Crippen molar-refractivity contribution in [2.45, 2.75) is 53.2 Å². The summed E-state index contributed by atoms with van der Waals surface area (Å²) in [6, 6.07) is 0. The Balaban J connectivity index is 2.59. The van der Waals surface area contributed by atoms with Crippen LogP contribution in [-0.2, 0) is 9.53 Å². The lowest BCUT2D eigenvalue weighted by Gasteiger charge is -2.24. The molecule has 1 atom stereocenters. The van der Waals surface area contributed by atoms with Gasteiger partial charge in [-0.2, -0.15) is 0 Å². The van der Waals surface area contributed by atoms with E-state index in [1.807, 2.05) is 27.7 Å². The van der Waals surface area contributed by atoms with Crippen LogP contribution in [0.25, 0.3) is 0 Å². The van der Waals surface area contributed by atoms with E-state index in [-0.39, 0.29) is 18.1 Å². The minimum absolute atomic E-state index is 0.0886. The fraction of sp³-hybridized carbons (Fsp3) is 0.769. The van der Waals surface area contributed by atoms with Crippen LogP contribution in [0.4, 0.5) is 0 Å². The number of esters is 1. The number of ether oxygens (including phenoxy) is 1. The summed E-state index contributed by atoms with van der Waals surface area (Å²) in [5.41, 5.74) is 1.86. The number of nitrogens with one attached hydrogen (secondary N) is 1. The van der Waals surface area contributed by atoms with Gasteiger partial charge in [0.25, 0.3) is 0 Å². The first kappa shape index (κ1) is 13.2. The van der Waals surface area contributed by atoms with E-state index in [4.69, 9.17) is 4.74 Å². The van der Waals surface area contributed by atoms with E-state index in [1.54, 1.807) is 0 Å². The zero-order valence-electron chi connectivity index (χ0n) is 10.8. The van der Waals surface area contributed by atoms with E-state index in [0.29, 0.717) is 0 Å². The molecule has 0 amide bonds. The lowest BCUT2D eigenvalue weighted by molar-refractivity contribution is -0.147. The number of piperidine rings is 1. The first-order valence-electron chi connectivity index (χ1n) is 6.14. The Morgan fingerprint density at radius 2 is 2.00 bits per heavy atom. The topological polar surface area (TPSA) is 38.3 Å². The molecular weight excluding hydrogens is 202 g/mol. The largest absolute Gasteiger partial charge is 0.443 e. The summed E-state index contributed by atoms with van der Waals surface area (Å²) < 4.78 is 5.47. The molecule has 3 heteroatoms. The van der Waals surface area contributed by atoms with Crippen molar-refractivity contribution in [1.82, 2.24) is 5.32 Å². The fourth-order valence-corrected chi connectivity index (χ4v) is 2.13. The molecule has 0 bridgehead atoms. The lowest BCUT2D eigenvalue weighted by atomic mass is 9.99. The van der Waals surface area contributed by atoms with E-state index in [1.165, 1.54) is 6.42 Å². The van der Waals surface area contributed by atoms with Crippen LogP contribution >= 0.6 is 0 Å². The maximum atomic E-state index is 12.0. The van der Waals surface area contributed by atoms with Crippen LogP contribution in [0.2, 0.25) is 0 Å². The highest BCUT2D eigenvalue weighted by Crippen LogP contribution is 2.18. The molecule has 1 rings (SSSR count). The van der Waals surface area contributed by atoms with E-state index in [0.717, 1.165) is 30.5 Å². The van der Waals surface area contributed by atoms with Crippen molar-refractivity contribution < 1.29 is 9.53 Å². The van der Waals surface area contributed by atoms with E-state index in [9.17, 15) is 4.79 Å². The second kappa shape index (κ2) is 6.04. The lowest BCUT2D eigenvalue weighted by Crippen LogP contribution is -2.38. The number of allylic oxidation sites excluding steroid dienone is 1. The molecule has 1 saturated heterocycles. The van der Waals surface area contributed by atoms with Crippen molar-refractivity contribution in [1.29, 1.82) is 0 Å². The maximum Gasteiger partial charge on any atom is 0.335 e. The summed E-state index contributed by atoms with van der Waals surface area (Å²) in [6.45, 7) is 8.93. The Hall–Kier alpha value is -0.830. The molecule has 3 nitrogen and oxygen atoms in total. The Kier molecular flexibility index (Phi) is 5.00. The van der Waals surface area contributed by atoms with E-state index >= 15 is 0 Å². The fourth-order valence-electron chi connectivity index (χ4n) is 2.13. The molecule has 0 spiro atoms. The first-order chi connectivity index (χ1) is 7.52. The summed E-state index contributed by atoms with van der Waals surface area (Å²) in [5, 5.41) is 3.22. The van der Waals surface area contributed by atoms with Gasteiger partial charge in [-0.25, -0.2) is 4.79 Å². The van der Waals surface area contributed by atoms with Crippen LogP contribution in [0.1, 0.15) is 47.0 Å². The average Bonchev–Trinajstić information content (AvgIpc) is 2.17. The Labute approximate surface area is 98.2 Å². The van der Waals surface area contributed by atoms with Crippen LogP contribution in [0.15, 0.2) is 11.1 Å². The summed E-state index contributed by atoms with van der Waals surface area (Å²) >= 11 is 0. The SMILES string of the molecule is CC(C)=C(C(=O)OC1CCCCN1)C(C)C. The number of hydrogen-bond acceptors (Lipinski definition) is 3. The van der Waals surface area contributed by atoms with Crippen molar-refractivity contribution in [2.75, 3.05) is 6.54 Å². The third kappa shape index (κ3) is 3.63. The van der Waals surface area contributed by atoms with Crippen LogP contribution in [-0.4, -0.2) is 18.7 Å². The smallest absolute Gasteiger partial charge is 0.335 e. The second-order valence-electron chi connectivity index (χ2n) is 4.91. The number of carbonyl (C=O) groups is 1. The van der Waals surface area contributed by atoms with Gasteiger partial charge in [0.15, 0.2) is 6.23 Å². The Morgan fingerprint density at radius 1 is 1.31 bits per heavy atom. The molecule has 0 saturated carbocycles. The van der Waals surface area contributed by atoms with Crippen LogP contribution in [0, 0.1) is 5.92 Å². The summed E-state index contributed by atoms with van der Waals surface area (Å²) in [4.78, 5) is 12.0. The molecule has 0 aromatic carbocycles. The van der Waals surface area contributed by atoms with Crippen molar-refractivity contribution in [3.8, 4) is 0 Å². The van der Waals surface area contributed by atoms with Gasteiger partial charge < -0.3 is 4.74 Å². The Bertz CT molecular complexity index is 272. The highest BCUT2D eigenvalue weighted by atomic mass is 16.6. The van der Waals surface area contributed by atoms with Crippen molar-refractivity contribution >= 4 is 5.97 Å². The molecule has 1 aliphatic rings. The van der Waals surface area contributed by atoms with Crippen molar-refractivity contribution in [2.24, 2.45) is 5.92 Å². The van der Waals surface area contributed by atoms with E-state index in [2.05, 4.69) is 5.32 Å². The third-order valence-corrected chi connectivity index (χ3v) is 2.85. The highest BCUT2D eigenvalue weighted by Gasteiger charge is 2.21. The van der Waals surface area contributed by atoms with Crippen molar-refractivity contribution in [3.63, 3.8) is 0 Å². The van der Waals surface area contributed by atoms with Crippen LogP contribution < -0.4 is 5.32 Å². The molecular formula is C13H23NO2. The summed E-state index contributed by atoms with van der Waals surface area (Å²) in [5.74, 6) is 0.0653. The van der Waals surface area contributed by atoms with Gasteiger partial charge in [-0.3, -0.25) is 5.32 Å². The molecule has 1 N–H and O–H groups in total. The second-order valence-corrected chi connectivity index (χ2v) is 4.91. The van der Waals surface area contributed by atoms with E-state index < -0.39 is 0 Å². The van der Waals surface area contributed by atoms with Gasteiger partial charge in [0.05, 0.1) is 0 Å². The van der Waals surface area contributed by atoms with Gasteiger partial charge >= 0.3 is 5.97 Å². The molecule has 1 aliphatic heterocycles. The Morgan fingerprint density at radius 3 is 2.44 bits per heavy atom. The van der Waals surface area contributed by atoms with Gasteiger partial charge in [0.2, 0.25) is 0 Å². The minimum Gasteiger partial charge on any atom is -0.443 e. The minimum atomic E-state index is -0.158.